The van der Waals surface area contributed by atoms with Crippen molar-refractivity contribution in [2.24, 2.45) is 0 Å². The van der Waals surface area contributed by atoms with Crippen molar-refractivity contribution in [2.45, 2.75) is 26.3 Å². The first-order valence-corrected chi connectivity index (χ1v) is 7.67. The Morgan fingerprint density at radius 3 is 2.55 bits per heavy atom. The molecular weight excluding hydrogens is 298 g/mol. The largest absolute Gasteiger partial charge is 0.493 e. The first kappa shape index (κ1) is 16.4. The smallest absolute Gasteiger partial charge is 0.223 e. The number of carbonyl (C=O) groups excluding carboxylic acids is 1. The molecule has 22 heavy (non-hydrogen) atoms. The number of aryl methyl sites for hydroxylation is 1. The molecule has 1 amide bonds. The van der Waals surface area contributed by atoms with Gasteiger partial charge in [-0.25, -0.2) is 0 Å². The van der Waals surface area contributed by atoms with E-state index in [-0.39, 0.29) is 11.9 Å². The summed E-state index contributed by atoms with van der Waals surface area (Å²) in [5.41, 5.74) is 2.09. The van der Waals surface area contributed by atoms with E-state index in [1.54, 1.807) is 0 Å². The molecule has 0 heterocycles. The zero-order chi connectivity index (χ0) is 15.9. The number of carbonyl (C=O) groups is 1. The Balaban J connectivity index is 1.78. The van der Waals surface area contributed by atoms with Crippen LogP contribution in [0.1, 0.15) is 30.5 Å². The van der Waals surface area contributed by atoms with Gasteiger partial charge in [-0.2, -0.15) is 0 Å². The van der Waals surface area contributed by atoms with Crippen LogP contribution in [0, 0.1) is 6.92 Å². The number of ether oxygens (including phenoxy) is 1. The monoisotopic (exact) mass is 317 g/mol. The molecule has 1 N–H and O–H groups in total. The average Bonchev–Trinajstić information content (AvgIpc) is 2.50. The Hall–Kier alpha value is -2.00. The van der Waals surface area contributed by atoms with Crippen molar-refractivity contribution in [3.63, 3.8) is 0 Å². The summed E-state index contributed by atoms with van der Waals surface area (Å²) < 4.78 is 5.63. The van der Waals surface area contributed by atoms with Crippen LogP contribution in [0.2, 0.25) is 5.02 Å². The fourth-order valence-electron chi connectivity index (χ4n) is 2.12. The van der Waals surface area contributed by atoms with Gasteiger partial charge in [-0.1, -0.05) is 41.9 Å². The Kier molecular flexibility index (Phi) is 5.84. The fraction of sp³-hybridized carbons (Fsp3) is 0.278. The minimum Gasteiger partial charge on any atom is -0.493 e. The third-order valence-corrected chi connectivity index (χ3v) is 3.68. The third-order valence-electron chi connectivity index (χ3n) is 3.43. The van der Waals surface area contributed by atoms with E-state index in [0.29, 0.717) is 18.1 Å². The number of benzene rings is 2. The van der Waals surface area contributed by atoms with Gasteiger partial charge in [0.05, 0.1) is 19.1 Å². The van der Waals surface area contributed by atoms with Gasteiger partial charge in [-0.05, 0) is 43.2 Å². The molecule has 0 aromatic heterocycles. The Bertz CT molecular complexity index is 625. The lowest BCUT2D eigenvalue weighted by molar-refractivity contribution is -0.122. The number of rotatable bonds is 6. The van der Waals surface area contributed by atoms with E-state index in [4.69, 9.17) is 16.3 Å². The molecule has 2 rings (SSSR count). The molecule has 0 aliphatic carbocycles. The molecule has 2 aromatic rings. The van der Waals surface area contributed by atoms with E-state index in [1.807, 2.05) is 62.4 Å². The molecule has 1 atom stereocenters. The highest BCUT2D eigenvalue weighted by Gasteiger charge is 2.09. The summed E-state index contributed by atoms with van der Waals surface area (Å²) in [4.78, 5) is 12.0. The van der Waals surface area contributed by atoms with Crippen LogP contribution >= 0.6 is 11.6 Å². The SMILES string of the molecule is Cc1ccccc1OCCC(=O)NC(C)c1ccc(Cl)cc1. The summed E-state index contributed by atoms with van der Waals surface area (Å²) in [5, 5.41) is 3.64. The van der Waals surface area contributed by atoms with Gasteiger partial charge in [0, 0.05) is 5.02 Å². The number of hydrogen-bond donors (Lipinski definition) is 1. The summed E-state index contributed by atoms with van der Waals surface area (Å²) in [6, 6.07) is 15.2. The highest BCUT2D eigenvalue weighted by molar-refractivity contribution is 6.30. The van der Waals surface area contributed by atoms with Gasteiger partial charge in [0.2, 0.25) is 5.91 Å². The van der Waals surface area contributed by atoms with Gasteiger partial charge in [-0.3, -0.25) is 4.79 Å². The summed E-state index contributed by atoms with van der Waals surface area (Å²) in [5.74, 6) is 0.789. The maximum Gasteiger partial charge on any atom is 0.223 e. The van der Waals surface area contributed by atoms with Crippen molar-refractivity contribution >= 4 is 17.5 Å². The molecule has 2 aromatic carbocycles. The fourth-order valence-corrected chi connectivity index (χ4v) is 2.25. The summed E-state index contributed by atoms with van der Waals surface area (Å²) in [7, 11) is 0. The highest BCUT2D eigenvalue weighted by atomic mass is 35.5. The molecule has 0 radical (unpaired) electrons. The second kappa shape index (κ2) is 7.85. The topological polar surface area (TPSA) is 38.3 Å². The molecule has 0 spiro atoms. The van der Waals surface area contributed by atoms with Crippen molar-refractivity contribution in [1.29, 1.82) is 0 Å². The van der Waals surface area contributed by atoms with Crippen molar-refractivity contribution < 1.29 is 9.53 Å². The zero-order valence-electron chi connectivity index (χ0n) is 12.8. The van der Waals surface area contributed by atoms with Gasteiger partial charge < -0.3 is 10.1 Å². The maximum atomic E-state index is 12.0. The first-order chi connectivity index (χ1) is 10.6. The Labute approximate surface area is 136 Å². The molecule has 4 heteroatoms. The van der Waals surface area contributed by atoms with Crippen LogP contribution in [-0.2, 0) is 4.79 Å². The van der Waals surface area contributed by atoms with E-state index < -0.39 is 0 Å². The maximum absolute atomic E-state index is 12.0. The van der Waals surface area contributed by atoms with Crippen molar-refractivity contribution in [1.82, 2.24) is 5.32 Å². The third kappa shape index (κ3) is 4.78. The van der Waals surface area contributed by atoms with E-state index in [1.165, 1.54) is 0 Å². The number of hydrogen-bond acceptors (Lipinski definition) is 2. The van der Waals surface area contributed by atoms with E-state index in [2.05, 4.69) is 5.32 Å². The standard InChI is InChI=1S/C18H20ClNO2/c1-13-5-3-4-6-17(13)22-12-11-18(21)20-14(2)15-7-9-16(19)10-8-15/h3-10,14H,11-12H2,1-2H3,(H,20,21). The van der Waals surface area contributed by atoms with Crippen LogP contribution in [0.5, 0.6) is 5.75 Å². The van der Waals surface area contributed by atoms with Crippen LogP contribution in [0.3, 0.4) is 0 Å². The Morgan fingerprint density at radius 1 is 1.18 bits per heavy atom. The van der Waals surface area contributed by atoms with Crippen LogP contribution < -0.4 is 10.1 Å². The van der Waals surface area contributed by atoms with Crippen molar-refractivity contribution in [3.05, 3.63) is 64.7 Å². The highest BCUT2D eigenvalue weighted by Crippen LogP contribution is 2.17. The summed E-state index contributed by atoms with van der Waals surface area (Å²) >= 11 is 5.86. The number of para-hydroxylation sites is 1. The minimum absolute atomic E-state index is 0.0314. The minimum atomic E-state index is -0.0526. The second-order valence-corrected chi connectivity index (χ2v) is 5.64. The van der Waals surface area contributed by atoms with Crippen LogP contribution in [0.15, 0.2) is 48.5 Å². The van der Waals surface area contributed by atoms with Gasteiger partial charge >= 0.3 is 0 Å². The molecule has 1 unspecified atom stereocenters. The van der Waals surface area contributed by atoms with Gasteiger partial charge in [0.15, 0.2) is 0 Å². The second-order valence-electron chi connectivity index (χ2n) is 5.20. The number of halogens is 1. The summed E-state index contributed by atoms with van der Waals surface area (Å²) in [6.07, 6.45) is 0.326. The zero-order valence-corrected chi connectivity index (χ0v) is 13.6. The van der Waals surface area contributed by atoms with Crippen molar-refractivity contribution in [2.75, 3.05) is 6.61 Å². The number of amides is 1. The predicted molar refractivity (Wildman–Crippen MR) is 89.3 cm³/mol. The first-order valence-electron chi connectivity index (χ1n) is 7.29. The van der Waals surface area contributed by atoms with Gasteiger partial charge in [0.25, 0.3) is 0 Å². The van der Waals surface area contributed by atoms with Crippen molar-refractivity contribution in [3.8, 4) is 5.75 Å². The number of nitrogens with one attached hydrogen (secondary N) is 1. The molecule has 0 fully saturated rings. The molecule has 0 saturated heterocycles. The van der Waals surface area contributed by atoms with Gasteiger partial charge in [0.1, 0.15) is 5.75 Å². The van der Waals surface area contributed by atoms with Crippen LogP contribution in [0.4, 0.5) is 0 Å². The molecule has 0 saturated carbocycles. The molecule has 3 nitrogen and oxygen atoms in total. The van der Waals surface area contributed by atoms with Crippen LogP contribution in [0.25, 0.3) is 0 Å². The molecule has 0 bridgehead atoms. The molecule has 0 aliphatic heterocycles. The molecular formula is C18H20ClNO2. The summed E-state index contributed by atoms with van der Waals surface area (Å²) in [6.45, 7) is 4.30. The lowest BCUT2D eigenvalue weighted by atomic mass is 10.1. The molecule has 116 valence electrons. The predicted octanol–water partition coefficient (Wildman–Crippen LogP) is 4.29. The molecule has 0 aliphatic rings. The lowest BCUT2D eigenvalue weighted by Crippen LogP contribution is -2.27. The average molecular weight is 318 g/mol. The van der Waals surface area contributed by atoms with E-state index in [0.717, 1.165) is 16.9 Å². The lowest BCUT2D eigenvalue weighted by Gasteiger charge is -2.15. The van der Waals surface area contributed by atoms with Gasteiger partial charge in [-0.15, -0.1) is 0 Å². The Morgan fingerprint density at radius 2 is 1.86 bits per heavy atom. The normalized spacial score (nSPS) is 11.8. The van der Waals surface area contributed by atoms with Crippen LogP contribution in [-0.4, -0.2) is 12.5 Å². The quantitative estimate of drug-likeness (QED) is 0.863. The van der Waals surface area contributed by atoms with E-state index in [9.17, 15) is 4.79 Å². The van der Waals surface area contributed by atoms with E-state index >= 15 is 0 Å².